The molecular formula is C26H20ClF2N3O3. The molecule has 2 heterocycles. The number of hydrogen-bond acceptors (Lipinski definition) is 4. The summed E-state index contributed by atoms with van der Waals surface area (Å²) in [4.78, 5) is 12.9. The number of halogens is 3. The van der Waals surface area contributed by atoms with Gasteiger partial charge < -0.3 is 14.8 Å². The van der Waals surface area contributed by atoms with Crippen molar-refractivity contribution in [3.05, 3.63) is 84.1 Å². The molecule has 1 aromatic heterocycles. The largest absolute Gasteiger partial charge is 0.449 e. The van der Waals surface area contributed by atoms with Crippen molar-refractivity contribution in [3.8, 4) is 33.9 Å². The highest BCUT2D eigenvalue weighted by atomic mass is 35.5. The molecule has 0 saturated carbocycles. The second-order valence-electron chi connectivity index (χ2n) is 8.48. The molecule has 0 atom stereocenters. The van der Waals surface area contributed by atoms with Crippen LogP contribution in [0, 0.1) is 11.6 Å². The zero-order valence-corrected chi connectivity index (χ0v) is 19.6. The third-order valence-electron chi connectivity index (χ3n) is 5.43. The maximum absolute atomic E-state index is 13.6. The lowest BCUT2D eigenvalue weighted by Gasteiger charge is -2.16. The van der Waals surface area contributed by atoms with Crippen molar-refractivity contribution in [1.82, 2.24) is 9.78 Å². The fraction of sp³-hybridized carbons (Fsp3) is 0.154. The predicted octanol–water partition coefficient (Wildman–Crippen LogP) is 6.82. The van der Waals surface area contributed by atoms with Crippen molar-refractivity contribution in [2.24, 2.45) is 0 Å². The monoisotopic (exact) mass is 495 g/mol. The molecule has 3 aromatic carbocycles. The van der Waals surface area contributed by atoms with Gasteiger partial charge in [-0.25, -0.2) is 13.6 Å². The van der Waals surface area contributed by atoms with E-state index in [9.17, 15) is 13.6 Å². The fourth-order valence-electron chi connectivity index (χ4n) is 3.86. The Morgan fingerprint density at radius 1 is 1.00 bits per heavy atom. The number of carbonyl (C=O) groups is 1. The minimum Gasteiger partial charge on any atom is -0.449 e. The normalized spacial score (nSPS) is 13.6. The number of anilines is 1. The highest BCUT2D eigenvalue weighted by Crippen LogP contribution is 2.46. The summed E-state index contributed by atoms with van der Waals surface area (Å²) in [5.74, 6) is -0.400. The number of ether oxygens (including phenoxy) is 2. The number of nitrogens with one attached hydrogen (secondary N) is 1. The molecule has 9 heteroatoms. The standard InChI is InChI=1S/C26H20ClF2N3O3/c1-26(2)34-22-12-16(11-17(13-27)24(22)35-26)23-21(15-3-5-18(28)6-4-15)14-32(31-23)25(33)30-20-9-7-19(29)8-10-20/h3-12,14H,13H2,1-2H3,(H,30,33). The van der Waals surface area contributed by atoms with Gasteiger partial charge in [0.25, 0.3) is 0 Å². The van der Waals surface area contributed by atoms with Crippen LogP contribution in [0.1, 0.15) is 19.4 Å². The molecule has 1 aliphatic heterocycles. The van der Waals surface area contributed by atoms with Gasteiger partial charge >= 0.3 is 6.03 Å². The van der Waals surface area contributed by atoms with Gasteiger partial charge in [0.05, 0.1) is 5.88 Å². The molecule has 178 valence electrons. The lowest BCUT2D eigenvalue weighted by atomic mass is 10.00. The number of rotatable bonds is 4. The van der Waals surface area contributed by atoms with Gasteiger partial charge in [-0.05, 0) is 54.1 Å². The summed E-state index contributed by atoms with van der Waals surface area (Å²) in [5, 5.41) is 7.21. The smallest absolute Gasteiger partial charge is 0.346 e. The van der Waals surface area contributed by atoms with E-state index >= 15 is 0 Å². The highest BCUT2D eigenvalue weighted by Gasteiger charge is 2.34. The van der Waals surface area contributed by atoms with Crippen LogP contribution in [0.25, 0.3) is 22.4 Å². The predicted molar refractivity (Wildman–Crippen MR) is 129 cm³/mol. The van der Waals surface area contributed by atoms with Crippen LogP contribution in [-0.4, -0.2) is 21.6 Å². The van der Waals surface area contributed by atoms with Crippen molar-refractivity contribution in [1.29, 1.82) is 0 Å². The number of aromatic nitrogens is 2. The van der Waals surface area contributed by atoms with E-state index in [4.69, 9.17) is 21.1 Å². The lowest BCUT2D eigenvalue weighted by molar-refractivity contribution is -0.0434. The quantitative estimate of drug-likeness (QED) is 0.315. The number of nitrogens with zero attached hydrogens (tertiary/aromatic N) is 2. The Hall–Kier alpha value is -3.91. The topological polar surface area (TPSA) is 65.4 Å². The Kier molecular flexibility index (Phi) is 5.68. The Morgan fingerprint density at radius 3 is 2.31 bits per heavy atom. The molecule has 0 aliphatic carbocycles. The van der Waals surface area contributed by atoms with E-state index in [0.29, 0.717) is 45.1 Å². The van der Waals surface area contributed by atoms with Gasteiger partial charge in [0, 0.05) is 42.4 Å². The number of amides is 1. The number of fused-ring (bicyclic) bond motifs is 1. The summed E-state index contributed by atoms with van der Waals surface area (Å²) >= 11 is 6.20. The molecule has 1 N–H and O–H groups in total. The minimum atomic E-state index is -0.851. The number of hydrogen-bond donors (Lipinski definition) is 1. The van der Waals surface area contributed by atoms with E-state index < -0.39 is 17.6 Å². The molecule has 0 spiro atoms. The first-order chi connectivity index (χ1) is 16.7. The van der Waals surface area contributed by atoms with Gasteiger partial charge in [-0.1, -0.05) is 12.1 Å². The molecule has 0 unspecified atom stereocenters. The third-order valence-corrected chi connectivity index (χ3v) is 5.71. The van der Waals surface area contributed by atoms with Gasteiger partial charge in [0.1, 0.15) is 17.3 Å². The van der Waals surface area contributed by atoms with E-state index in [0.717, 1.165) is 4.68 Å². The SMILES string of the molecule is CC1(C)Oc2cc(-c3nn(C(=O)Nc4ccc(F)cc4)cc3-c3ccc(F)cc3)cc(CCl)c2O1. The van der Waals surface area contributed by atoms with E-state index in [1.54, 1.807) is 38.2 Å². The second kappa shape index (κ2) is 8.70. The molecule has 4 aromatic rings. The lowest BCUT2D eigenvalue weighted by Crippen LogP contribution is -2.29. The molecule has 6 nitrogen and oxygen atoms in total. The van der Waals surface area contributed by atoms with Crippen molar-refractivity contribution in [2.75, 3.05) is 5.32 Å². The average molecular weight is 496 g/mol. The number of benzene rings is 3. The first-order valence-corrected chi connectivity index (χ1v) is 11.3. The summed E-state index contributed by atoms with van der Waals surface area (Å²) in [6, 6.07) is 14.3. The van der Waals surface area contributed by atoms with Crippen LogP contribution in [0.3, 0.4) is 0 Å². The van der Waals surface area contributed by atoms with E-state index in [1.165, 1.54) is 36.4 Å². The average Bonchev–Trinajstić information content (AvgIpc) is 3.40. The van der Waals surface area contributed by atoms with E-state index in [2.05, 4.69) is 10.4 Å². The Balaban J connectivity index is 1.60. The number of alkyl halides is 1. The van der Waals surface area contributed by atoms with Crippen molar-refractivity contribution in [3.63, 3.8) is 0 Å². The summed E-state index contributed by atoms with van der Waals surface area (Å²) < 4.78 is 39.8. The molecule has 1 amide bonds. The minimum absolute atomic E-state index is 0.174. The first-order valence-electron chi connectivity index (χ1n) is 10.8. The van der Waals surface area contributed by atoms with E-state index in [1.807, 2.05) is 6.07 Å². The van der Waals surface area contributed by atoms with Crippen LogP contribution < -0.4 is 14.8 Å². The summed E-state index contributed by atoms with van der Waals surface area (Å²) in [6.07, 6.45) is 1.55. The van der Waals surface area contributed by atoms with Crippen molar-refractivity contribution < 1.29 is 23.0 Å². The maximum atomic E-state index is 13.6. The van der Waals surface area contributed by atoms with E-state index in [-0.39, 0.29) is 11.7 Å². The second-order valence-corrected chi connectivity index (χ2v) is 8.75. The number of carbonyl (C=O) groups excluding carboxylic acids is 1. The molecule has 0 bridgehead atoms. The van der Waals surface area contributed by atoms with Crippen LogP contribution >= 0.6 is 11.6 Å². The zero-order valence-electron chi connectivity index (χ0n) is 18.8. The van der Waals surface area contributed by atoms with Gasteiger partial charge in [-0.2, -0.15) is 9.78 Å². The van der Waals surface area contributed by atoms with Gasteiger partial charge in [-0.3, -0.25) is 0 Å². The molecule has 0 saturated heterocycles. The third kappa shape index (κ3) is 4.57. The molecule has 35 heavy (non-hydrogen) atoms. The summed E-state index contributed by atoms with van der Waals surface area (Å²) in [6.45, 7) is 3.59. The summed E-state index contributed by atoms with van der Waals surface area (Å²) in [5.41, 5.74) is 3.49. The zero-order chi connectivity index (χ0) is 24.7. The van der Waals surface area contributed by atoms with Crippen molar-refractivity contribution in [2.45, 2.75) is 25.5 Å². The molecular weight excluding hydrogens is 476 g/mol. The van der Waals surface area contributed by atoms with Crippen LogP contribution in [0.2, 0.25) is 0 Å². The fourth-order valence-corrected chi connectivity index (χ4v) is 4.06. The van der Waals surface area contributed by atoms with Crippen LogP contribution in [0.15, 0.2) is 66.9 Å². The summed E-state index contributed by atoms with van der Waals surface area (Å²) in [7, 11) is 0. The molecule has 0 fully saturated rings. The van der Waals surface area contributed by atoms with Crippen molar-refractivity contribution >= 4 is 23.3 Å². The maximum Gasteiger partial charge on any atom is 0.346 e. The van der Waals surface area contributed by atoms with Gasteiger partial charge in [0.15, 0.2) is 11.5 Å². The Morgan fingerprint density at radius 2 is 1.66 bits per heavy atom. The molecule has 5 rings (SSSR count). The van der Waals surface area contributed by atoms with Crippen LogP contribution in [-0.2, 0) is 5.88 Å². The van der Waals surface area contributed by atoms with Crippen LogP contribution in [0.5, 0.6) is 11.5 Å². The Bertz CT molecular complexity index is 1420. The van der Waals surface area contributed by atoms with Crippen LogP contribution in [0.4, 0.5) is 19.3 Å². The Labute approximate surface area is 205 Å². The molecule has 1 aliphatic rings. The van der Waals surface area contributed by atoms with Gasteiger partial charge in [0.2, 0.25) is 5.79 Å². The molecule has 0 radical (unpaired) electrons. The van der Waals surface area contributed by atoms with Gasteiger partial charge in [-0.15, -0.1) is 11.6 Å². The highest BCUT2D eigenvalue weighted by molar-refractivity contribution is 6.17. The first kappa shape index (κ1) is 22.9.